The van der Waals surface area contributed by atoms with Crippen LogP contribution in [0.25, 0.3) is 11.5 Å². The van der Waals surface area contributed by atoms with E-state index in [1.165, 1.54) is 5.69 Å². The van der Waals surface area contributed by atoms with Crippen LogP contribution in [0, 0.1) is 6.92 Å². The number of carbonyl (C=O) groups excluding carboxylic acids is 1. The van der Waals surface area contributed by atoms with Gasteiger partial charge in [-0.3, -0.25) is 10.2 Å². The van der Waals surface area contributed by atoms with Gasteiger partial charge in [0.05, 0.1) is 11.4 Å². The highest BCUT2D eigenvalue weighted by molar-refractivity contribution is 5.88. The molecule has 1 fully saturated rings. The predicted octanol–water partition coefficient (Wildman–Crippen LogP) is 2.64. The van der Waals surface area contributed by atoms with Crippen LogP contribution < -0.4 is 15.5 Å². The number of urea groups is 1. The Bertz CT molecular complexity index is 995. The summed E-state index contributed by atoms with van der Waals surface area (Å²) >= 11 is 0. The molecule has 3 N–H and O–H groups in total. The van der Waals surface area contributed by atoms with Crippen LogP contribution in [-0.4, -0.2) is 63.6 Å². The number of nitrogens with zero attached hydrogens (tertiary/aromatic N) is 5. The lowest BCUT2D eigenvalue weighted by Gasteiger charge is -2.36. The number of carbonyl (C=O) groups is 1. The van der Waals surface area contributed by atoms with E-state index in [-0.39, 0.29) is 6.03 Å². The molecule has 0 bridgehead atoms. The summed E-state index contributed by atoms with van der Waals surface area (Å²) in [6.45, 7) is 9.20. The van der Waals surface area contributed by atoms with Crippen LogP contribution in [0.4, 0.5) is 16.3 Å². The van der Waals surface area contributed by atoms with Crippen LogP contribution in [0.5, 0.6) is 0 Å². The molecule has 0 unspecified atom stereocenters. The predicted molar refractivity (Wildman–Crippen MR) is 121 cm³/mol. The molecule has 3 aromatic heterocycles. The first-order chi connectivity index (χ1) is 15.1. The van der Waals surface area contributed by atoms with Gasteiger partial charge in [0.15, 0.2) is 5.82 Å². The van der Waals surface area contributed by atoms with Gasteiger partial charge in [0.1, 0.15) is 11.5 Å². The smallest absolute Gasteiger partial charge is 0.320 e. The Balaban J connectivity index is 1.30. The molecule has 162 valence electrons. The summed E-state index contributed by atoms with van der Waals surface area (Å²) < 4.78 is 0. The minimum absolute atomic E-state index is 0.235. The molecule has 4 rings (SSSR count). The van der Waals surface area contributed by atoms with Gasteiger partial charge in [-0.25, -0.2) is 19.7 Å². The summed E-state index contributed by atoms with van der Waals surface area (Å²) in [6.07, 6.45) is 5.37. The van der Waals surface area contributed by atoms with Crippen LogP contribution in [0.3, 0.4) is 0 Å². The molecule has 0 atom stereocenters. The Morgan fingerprint density at radius 2 is 1.97 bits per heavy atom. The monoisotopic (exact) mass is 420 g/mol. The first kappa shape index (κ1) is 20.8. The molecule has 1 aliphatic heterocycles. The second-order valence-corrected chi connectivity index (χ2v) is 7.54. The molecule has 0 aromatic carbocycles. The van der Waals surface area contributed by atoms with E-state index in [0.29, 0.717) is 12.4 Å². The van der Waals surface area contributed by atoms with Gasteiger partial charge in [0.25, 0.3) is 0 Å². The van der Waals surface area contributed by atoms with E-state index in [4.69, 9.17) is 4.98 Å². The van der Waals surface area contributed by atoms with Gasteiger partial charge in [0.2, 0.25) is 0 Å². The third kappa shape index (κ3) is 5.18. The van der Waals surface area contributed by atoms with E-state index in [9.17, 15) is 4.79 Å². The third-order valence-corrected chi connectivity index (χ3v) is 5.32. The zero-order valence-electron chi connectivity index (χ0n) is 17.9. The van der Waals surface area contributed by atoms with E-state index in [0.717, 1.165) is 55.5 Å². The number of aromatic nitrogens is 4. The van der Waals surface area contributed by atoms with Crippen molar-refractivity contribution in [1.29, 1.82) is 0 Å². The molecule has 0 radical (unpaired) electrons. The van der Waals surface area contributed by atoms with E-state index in [1.807, 2.05) is 37.5 Å². The summed E-state index contributed by atoms with van der Waals surface area (Å²) in [5.41, 5.74) is 4.19. The number of aryl methyl sites for hydroxylation is 1. The standard InChI is InChI=1S/C22H28N8O/c1-3-23-22(31)28-20-7-4-17(14-26-20)15-29-10-12-30(13-11-29)19-6-5-18(27-16(19)2)21-24-8-9-25-21/h4-9,14H,3,10-13,15H2,1-2H3,(H,24,25)(H2,23,26,28,31). The molecule has 1 aliphatic rings. The highest BCUT2D eigenvalue weighted by Gasteiger charge is 2.19. The topological polar surface area (TPSA) is 102 Å². The molecule has 9 heteroatoms. The second kappa shape index (κ2) is 9.57. The number of anilines is 2. The van der Waals surface area contributed by atoms with Crippen LogP contribution in [0.15, 0.2) is 42.9 Å². The molecular formula is C22H28N8O. The maximum absolute atomic E-state index is 11.6. The number of piperazine rings is 1. The highest BCUT2D eigenvalue weighted by Crippen LogP contribution is 2.23. The number of rotatable bonds is 6. The summed E-state index contributed by atoms with van der Waals surface area (Å²) in [4.78, 5) is 32.8. The van der Waals surface area contributed by atoms with Gasteiger partial charge in [-0.15, -0.1) is 0 Å². The number of aromatic amines is 1. The average molecular weight is 421 g/mol. The van der Waals surface area contributed by atoms with Crippen molar-refractivity contribution in [3.63, 3.8) is 0 Å². The van der Waals surface area contributed by atoms with Crippen molar-refractivity contribution in [3.05, 3.63) is 54.1 Å². The fraction of sp³-hybridized carbons (Fsp3) is 0.364. The van der Waals surface area contributed by atoms with Crippen molar-refractivity contribution in [2.24, 2.45) is 0 Å². The number of H-pyrrole nitrogens is 1. The zero-order chi connectivity index (χ0) is 21.6. The fourth-order valence-corrected chi connectivity index (χ4v) is 3.74. The van der Waals surface area contributed by atoms with E-state index in [1.54, 1.807) is 6.20 Å². The number of pyridine rings is 2. The summed E-state index contributed by atoms with van der Waals surface area (Å²) in [6, 6.07) is 7.79. The first-order valence-corrected chi connectivity index (χ1v) is 10.6. The zero-order valence-corrected chi connectivity index (χ0v) is 17.9. The Labute approximate surface area is 181 Å². The van der Waals surface area contributed by atoms with Crippen molar-refractivity contribution in [2.45, 2.75) is 20.4 Å². The largest absolute Gasteiger partial charge is 0.368 e. The normalized spacial score (nSPS) is 14.5. The van der Waals surface area contributed by atoms with Gasteiger partial charge in [-0.2, -0.15) is 0 Å². The Morgan fingerprint density at radius 1 is 1.13 bits per heavy atom. The van der Waals surface area contributed by atoms with E-state index >= 15 is 0 Å². The van der Waals surface area contributed by atoms with Gasteiger partial charge in [0, 0.05) is 57.9 Å². The van der Waals surface area contributed by atoms with Crippen molar-refractivity contribution in [1.82, 2.24) is 30.2 Å². The Kier molecular flexibility index (Phi) is 6.42. The van der Waals surface area contributed by atoms with Crippen LogP contribution in [0.1, 0.15) is 18.2 Å². The minimum Gasteiger partial charge on any atom is -0.368 e. The lowest BCUT2D eigenvalue weighted by Crippen LogP contribution is -2.46. The van der Waals surface area contributed by atoms with Crippen molar-refractivity contribution in [3.8, 4) is 11.5 Å². The lowest BCUT2D eigenvalue weighted by atomic mass is 10.2. The number of imidazole rings is 1. The first-order valence-electron chi connectivity index (χ1n) is 10.6. The Morgan fingerprint density at radius 3 is 2.61 bits per heavy atom. The molecule has 4 heterocycles. The van der Waals surface area contributed by atoms with Gasteiger partial charge < -0.3 is 15.2 Å². The molecule has 31 heavy (non-hydrogen) atoms. The fourth-order valence-electron chi connectivity index (χ4n) is 3.74. The van der Waals surface area contributed by atoms with Gasteiger partial charge in [-0.1, -0.05) is 6.07 Å². The molecule has 1 saturated heterocycles. The number of hydrogen-bond acceptors (Lipinski definition) is 6. The van der Waals surface area contributed by atoms with Crippen molar-refractivity contribution >= 4 is 17.5 Å². The number of hydrogen-bond donors (Lipinski definition) is 3. The van der Waals surface area contributed by atoms with E-state index in [2.05, 4.69) is 48.4 Å². The van der Waals surface area contributed by atoms with Crippen molar-refractivity contribution in [2.75, 3.05) is 42.9 Å². The van der Waals surface area contributed by atoms with E-state index < -0.39 is 0 Å². The molecule has 0 saturated carbocycles. The lowest BCUT2D eigenvalue weighted by molar-refractivity contribution is 0.249. The molecule has 3 aromatic rings. The molecule has 2 amide bonds. The van der Waals surface area contributed by atoms with Crippen LogP contribution >= 0.6 is 0 Å². The third-order valence-electron chi connectivity index (χ3n) is 5.32. The SMILES string of the molecule is CCNC(=O)Nc1ccc(CN2CCN(c3ccc(-c4ncc[nH]4)nc3C)CC2)cn1. The summed E-state index contributed by atoms with van der Waals surface area (Å²) in [7, 11) is 0. The second-order valence-electron chi connectivity index (χ2n) is 7.54. The molecule has 0 spiro atoms. The van der Waals surface area contributed by atoms with Gasteiger partial charge in [-0.05, 0) is 37.6 Å². The molecule has 9 nitrogen and oxygen atoms in total. The minimum atomic E-state index is -0.235. The quantitative estimate of drug-likeness (QED) is 0.567. The number of nitrogens with one attached hydrogen (secondary N) is 3. The highest BCUT2D eigenvalue weighted by atomic mass is 16.2. The summed E-state index contributed by atoms with van der Waals surface area (Å²) in [5, 5.41) is 5.42. The molecule has 0 aliphatic carbocycles. The maximum Gasteiger partial charge on any atom is 0.320 e. The van der Waals surface area contributed by atoms with Crippen molar-refractivity contribution < 1.29 is 4.79 Å². The van der Waals surface area contributed by atoms with Crippen LogP contribution in [0.2, 0.25) is 0 Å². The van der Waals surface area contributed by atoms with Gasteiger partial charge >= 0.3 is 6.03 Å². The molecular weight excluding hydrogens is 392 g/mol. The average Bonchev–Trinajstić information content (AvgIpc) is 3.31. The summed E-state index contributed by atoms with van der Waals surface area (Å²) in [5.74, 6) is 1.35. The Hall–Kier alpha value is -3.46. The van der Waals surface area contributed by atoms with Crippen LogP contribution in [-0.2, 0) is 6.54 Å². The maximum atomic E-state index is 11.6. The number of amides is 2.